The molecule has 0 amide bonds. The number of fused-ring (bicyclic) bond motifs is 3. The highest BCUT2D eigenvalue weighted by Crippen LogP contribution is 2.27. The van der Waals surface area contributed by atoms with E-state index in [9.17, 15) is 4.79 Å². The number of aryl methyl sites for hydroxylation is 1. The predicted octanol–water partition coefficient (Wildman–Crippen LogP) is 3.81. The largest absolute Gasteiger partial charge is 0.319 e. The molecule has 0 aliphatic rings. The lowest BCUT2D eigenvalue weighted by Gasteiger charge is -2.07. The van der Waals surface area contributed by atoms with Crippen LogP contribution in [0.5, 0.6) is 0 Å². The van der Waals surface area contributed by atoms with Crippen molar-refractivity contribution in [2.45, 2.75) is 6.92 Å². The molecule has 8 heteroatoms. The SMILES string of the molecule is Cc1cc(-c2nc3c4ccccc4nc(Nc4ccccnc4=O)n3n2)cs1. The van der Waals surface area contributed by atoms with Gasteiger partial charge in [-0.15, -0.1) is 16.4 Å². The summed E-state index contributed by atoms with van der Waals surface area (Å²) < 4.78 is 1.64. The number of aromatic nitrogens is 5. The van der Waals surface area contributed by atoms with Crippen molar-refractivity contribution in [2.75, 3.05) is 5.32 Å². The summed E-state index contributed by atoms with van der Waals surface area (Å²) in [5.74, 6) is 1.02. The van der Waals surface area contributed by atoms with Gasteiger partial charge in [-0.25, -0.2) is 15.0 Å². The van der Waals surface area contributed by atoms with E-state index >= 15 is 0 Å². The van der Waals surface area contributed by atoms with E-state index in [-0.39, 0.29) is 5.56 Å². The normalized spacial score (nSPS) is 11.2. The van der Waals surface area contributed by atoms with Crippen LogP contribution >= 0.6 is 11.3 Å². The molecule has 1 aromatic carbocycles. The molecule has 28 heavy (non-hydrogen) atoms. The summed E-state index contributed by atoms with van der Waals surface area (Å²) in [7, 11) is 0. The third kappa shape index (κ3) is 2.80. The molecule has 0 radical (unpaired) electrons. The van der Waals surface area contributed by atoms with Gasteiger partial charge in [0.25, 0.3) is 5.56 Å². The fourth-order valence-corrected chi connectivity index (χ4v) is 3.67. The molecule has 7 nitrogen and oxygen atoms in total. The molecule has 1 N–H and O–H groups in total. The molecule has 0 atom stereocenters. The average molecular weight is 386 g/mol. The first kappa shape index (κ1) is 16.5. The highest BCUT2D eigenvalue weighted by molar-refractivity contribution is 7.10. The number of para-hydroxylation sites is 1. The molecule has 5 aromatic rings. The molecule has 0 aliphatic heterocycles. The summed E-state index contributed by atoms with van der Waals surface area (Å²) in [6, 6.07) is 14.9. The van der Waals surface area contributed by atoms with Gasteiger partial charge in [-0.05, 0) is 37.3 Å². The van der Waals surface area contributed by atoms with E-state index < -0.39 is 0 Å². The van der Waals surface area contributed by atoms with E-state index in [4.69, 9.17) is 4.98 Å². The van der Waals surface area contributed by atoms with E-state index in [0.717, 1.165) is 16.5 Å². The molecule has 0 bridgehead atoms. The number of benzene rings is 1. The fourth-order valence-electron chi connectivity index (χ4n) is 2.99. The van der Waals surface area contributed by atoms with Crippen LogP contribution in [0, 0.1) is 6.92 Å². The highest BCUT2D eigenvalue weighted by Gasteiger charge is 2.15. The number of nitrogens with zero attached hydrogens (tertiary/aromatic N) is 5. The van der Waals surface area contributed by atoms with Crippen molar-refractivity contribution in [1.29, 1.82) is 0 Å². The van der Waals surface area contributed by atoms with Crippen LogP contribution in [-0.2, 0) is 0 Å². The maximum atomic E-state index is 12.2. The lowest BCUT2D eigenvalue weighted by molar-refractivity contribution is 0.948. The lowest BCUT2D eigenvalue weighted by Crippen LogP contribution is -2.11. The van der Waals surface area contributed by atoms with Gasteiger partial charge in [0.05, 0.1) is 5.52 Å². The van der Waals surface area contributed by atoms with Crippen molar-refractivity contribution in [1.82, 2.24) is 24.6 Å². The molecule has 0 fully saturated rings. The average Bonchev–Trinajstić information content (AvgIpc) is 3.28. The Hall–Kier alpha value is -3.65. The first-order valence-corrected chi connectivity index (χ1v) is 9.50. The monoisotopic (exact) mass is 386 g/mol. The van der Waals surface area contributed by atoms with Gasteiger partial charge in [0.2, 0.25) is 5.95 Å². The number of hydrogen-bond donors (Lipinski definition) is 1. The standard InChI is InChI=1S/C20H14N6OS/c1-12-10-13(11-28-12)17-24-18-14-6-2-3-7-15(14)22-20(26(18)25-17)23-16-8-4-5-9-21-19(16)27/h2-11H,1H3,(H,21,22,23,27). The van der Waals surface area contributed by atoms with E-state index in [2.05, 4.69) is 26.4 Å². The maximum Gasteiger partial charge on any atom is 0.293 e. The number of hydrogen-bond acceptors (Lipinski definition) is 7. The maximum absolute atomic E-state index is 12.2. The first-order valence-electron chi connectivity index (χ1n) is 8.62. The van der Waals surface area contributed by atoms with Crippen LogP contribution in [0.1, 0.15) is 4.88 Å². The number of anilines is 2. The van der Waals surface area contributed by atoms with Crippen molar-refractivity contribution in [3.63, 3.8) is 0 Å². The Balaban J connectivity index is 1.76. The summed E-state index contributed by atoms with van der Waals surface area (Å²) in [5.41, 5.74) is 2.34. The second-order valence-corrected chi connectivity index (χ2v) is 7.36. The molecular formula is C20H14N6OS. The van der Waals surface area contributed by atoms with Crippen LogP contribution in [0.3, 0.4) is 0 Å². The zero-order valence-electron chi connectivity index (χ0n) is 14.8. The molecule has 5 rings (SSSR count). The molecule has 0 unspecified atom stereocenters. The minimum atomic E-state index is -0.373. The summed E-state index contributed by atoms with van der Waals surface area (Å²) in [4.78, 5) is 26.6. The molecule has 0 aliphatic carbocycles. The third-order valence-electron chi connectivity index (χ3n) is 4.30. The van der Waals surface area contributed by atoms with Gasteiger partial charge in [-0.3, -0.25) is 4.79 Å². The van der Waals surface area contributed by atoms with E-state index in [1.807, 2.05) is 36.6 Å². The smallest absolute Gasteiger partial charge is 0.293 e. The lowest BCUT2D eigenvalue weighted by atomic mass is 10.2. The summed E-state index contributed by atoms with van der Waals surface area (Å²) in [5, 5.41) is 10.6. The molecule has 0 spiro atoms. The highest BCUT2D eigenvalue weighted by atomic mass is 32.1. The van der Waals surface area contributed by atoms with Crippen LogP contribution in [-0.4, -0.2) is 24.6 Å². The van der Waals surface area contributed by atoms with Crippen LogP contribution in [0.4, 0.5) is 11.6 Å². The van der Waals surface area contributed by atoms with Crippen molar-refractivity contribution in [3.05, 3.63) is 75.3 Å². The van der Waals surface area contributed by atoms with Gasteiger partial charge in [-0.1, -0.05) is 18.2 Å². The fraction of sp³-hybridized carbons (Fsp3) is 0.0500. The van der Waals surface area contributed by atoms with Crippen molar-refractivity contribution in [2.24, 2.45) is 0 Å². The molecule has 136 valence electrons. The van der Waals surface area contributed by atoms with Gasteiger partial charge < -0.3 is 5.32 Å². The zero-order valence-corrected chi connectivity index (χ0v) is 15.6. The number of rotatable bonds is 3. The second-order valence-electron chi connectivity index (χ2n) is 6.24. The van der Waals surface area contributed by atoms with Gasteiger partial charge in [-0.2, -0.15) is 4.52 Å². The minimum Gasteiger partial charge on any atom is -0.319 e. The number of thiophene rings is 1. The van der Waals surface area contributed by atoms with Gasteiger partial charge in [0.15, 0.2) is 11.5 Å². The third-order valence-corrected chi connectivity index (χ3v) is 5.16. The molecule has 4 aromatic heterocycles. The Kier molecular flexibility index (Phi) is 3.84. The zero-order chi connectivity index (χ0) is 19.1. The van der Waals surface area contributed by atoms with Crippen molar-refractivity contribution < 1.29 is 0 Å². The van der Waals surface area contributed by atoms with Gasteiger partial charge in [0.1, 0.15) is 5.69 Å². The second kappa shape index (κ2) is 6.50. The topological polar surface area (TPSA) is 85.1 Å². The Bertz CT molecular complexity index is 1390. The van der Waals surface area contributed by atoms with Crippen LogP contribution in [0.15, 0.2) is 64.9 Å². The van der Waals surface area contributed by atoms with Crippen LogP contribution in [0.2, 0.25) is 0 Å². The summed E-state index contributed by atoms with van der Waals surface area (Å²) in [6.45, 7) is 2.05. The van der Waals surface area contributed by atoms with Crippen molar-refractivity contribution in [3.8, 4) is 11.4 Å². The minimum absolute atomic E-state index is 0.317. The van der Waals surface area contributed by atoms with Gasteiger partial charge >= 0.3 is 0 Å². The summed E-state index contributed by atoms with van der Waals surface area (Å²) in [6.07, 6.45) is 1.46. The Labute approximate surface area is 163 Å². The Morgan fingerprint density at radius 2 is 1.93 bits per heavy atom. The molecule has 4 heterocycles. The van der Waals surface area contributed by atoms with Gasteiger partial charge in [0, 0.05) is 27.4 Å². The molecule has 0 saturated heterocycles. The van der Waals surface area contributed by atoms with E-state index in [0.29, 0.717) is 23.1 Å². The first-order chi connectivity index (χ1) is 13.7. The predicted molar refractivity (Wildman–Crippen MR) is 110 cm³/mol. The Morgan fingerprint density at radius 3 is 2.79 bits per heavy atom. The van der Waals surface area contributed by atoms with Crippen molar-refractivity contribution >= 4 is 39.5 Å². The number of nitrogens with one attached hydrogen (secondary N) is 1. The van der Waals surface area contributed by atoms with E-state index in [1.165, 1.54) is 11.1 Å². The molecular weight excluding hydrogens is 372 g/mol. The van der Waals surface area contributed by atoms with E-state index in [1.54, 1.807) is 34.1 Å². The molecule has 0 saturated carbocycles. The quantitative estimate of drug-likeness (QED) is 0.507. The van der Waals surface area contributed by atoms with Crippen LogP contribution < -0.4 is 10.9 Å². The Morgan fingerprint density at radius 1 is 1.07 bits per heavy atom. The van der Waals surface area contributed by atoms with Crippen LogP contribution in [0.25, 0.3) is 27.9 Å². The summed E-state index contributed by atoms with van der Waals surface area (Å²) >= 11 is 1.65.